The largest absolute Gasteiger partial charge is 0.471 e. The topological polar surface area (TPSA) is 33.2 Å². The lowest BCUT2D eigenvalue weighted by Crippen LogP contribution is -2.40. The summed E-state index contributed by atoms with van der Waals surface area (Å²) in [7, 11) is 0. The molecule has 1 amide bonds. The molecule has 0 aliphatic rings. The lowest BCUT2D eigenvalue weighted by molar-refractivity contribution is -0.185. The highest BCUT2D eigenvalue weighted by molar-refractivity contribution is 5.82. The van der Waals surface area contributed by atoms with Crippen molar-refractivity contribution in [2.75, 3.05) is 6.54 Å². The van der Waals surface area contributed by atoms with Crippen molar-refractivity contribution in [3.8, 4) is 0 Å². The number of amides is 1. The van der Waals surface area contributed by atoms with Gasteiger partial charge in [0.1, 0.15) is 0 Å². The third-order valence-electron chi connectivity index (χ3n) is 4.44. The highest BCUT2D eigenvalue weighted by Crippen LogP contribution is 2.20. The van der Waals surface area contributed by atoms with Gasteiger partial charge in [-0.25, -0.2) is 0 Å². The first-order valence-corrected chi connectivity index (χ1v) is 9.79. The van der Waals surface area contributed by atoms with E-state index in [0.717, 1.165) is 36.2 Å². The van der Waals surface area contributed by atoms with E-state index in [1.807, 2.05) is 6.92 Å². The Bertz CT molecular complexity index is 730. The number of allylic oxidation sites excluding steroid dienone is 5. The van der Waals surface area contributed by atoms with Crippen molar-refractivity contribution >= 4 is 5.91 Å². The molecule has 0 aliphatic heterocycles. The van der Waals surface area contributed by atoms with Crippen LogP contribution in [0.5, 0.6) is 0 Å². The Balaban J connectivity index is 2.65. The zero-order chi connectivity index (χ0) is 21.9. The molecule has 0 radical (unpaired) electrons. The Kier molecular flexibility index (Phi) is 10.4. The lowest BCUT2D eigenvalue weighted by Gasteiger charge is -2.22. The van der Waals surface area contributed by atoms with Crippen molar-refractivity contribution in [2.24, 2.45) is 0 Å². The Morgan fingerprint density at radius 3 is 2.07 bits per heavy atom. The molecule has 29 heavy (non-hydrogen) atoms. The molecule has 0 aliphatic carbocycles. The van der Waals surface area contributed by atoms with Gasteiger partial charge in [-0.15, -0.1) is 0 Å². The van der Waals surface area contributed by atoms with Crippen molar-refractivity contribution in [3.63, 3.8) is 0 Å². The first-order valence-electron chi connectivity index (χ1n) is 9.79. The molecule has 1 aromatic heterocycles. The number of carbonyl (C=O) groups is 1. The summed E-state index contributed by atoms with van der Waals surface area (Å²) in [6.45, 7) is 7.96. The van der Waals surface area contributed by atoms with Crippen molar-refractivity contribution < 1.29 is 18.0 Å². The summed E-state index contributed by atoms with van der Waals surface area (Å²) in [5.74, 6) is -1.83. The average Bonchev–Trinajstić information content (AvgIpc) is 2.64. The van der Waals surface area contributed by atoms with Crippen LogP contribution in [0.25, 0.3) is 0 Å². The van der Waals surface area contributed by atoms with Crippen LogP contribution in [0.2, 0.25) is 0 Å². The molecule has 1 heterocycles. The first kappa shape index (κ1) is 24.7. The maximum absolute atomic E-state index is 12.9. The minimum Gasteiger partial charge on any atom is -0.327 e. The Morgan fingerprint density at radius 2 is 1.52 bits per heavy atom. The molecule has 0 aromatic carbocycles. The monoisotopic (exact) mass is 408 g/mol. The number of nitrogens with zero attached hydrogens (tertiary/aromatic N) is 2. The second kappa shape index (κ2) is 12.2. The summed E-state index contributed by atoms with van der Waals surface area (Å²) in [4.78, 5) is 16.4. The zero-order valence-electron chi connectivity index (χ0n) is 17.7. The van der Waals surface area contributed by atoms with E-state index >= 15 is 0 Å². The third kappa shape index (κ3) is 10.7. The summed E-state index contributed by atoms with van der Waals surface area (Å²) in [5, 5.41) is 0. The fraction of sp³-hybridized carbons (Fsp3) is 0.478. The van der Waals surface area contributed by atoms with Crippen molar-refractivity contribution in [2.45, 2.75) is 66.1 Å². The highest BCUT2D eigenvalue weighted by Gasteiger charge is 2.42. The number of hydrogen-bond donors (Lipinski definition) is 0. The quantitative estimate of drug-likeness (QED) is 0.420. The molecule has 0 fully saturated rings. The van der Waals surface area contributed by atoms with Gasteiger partial charge >= 0.3 is 12.1 Å². The van der Waals surface area contributed by atoms with Crippen LogP contribution in [-0.4, -0.2) is 28.5 Å². The van der Waals surface area contributed by atoms with Crippen LogP contribution in [0, 0.1) is 0 Å². The number of carbonyl (C=O) groups excluding carboxylic acids is 1. The average molecular weight is 409 g/mol. The number of aromatic nitrogens is 1. The molecular weight excluding hydrogens is 377 g/mol. The van der Waals surface area contributed by atoms with Crippen molar-refractivity contribution in [3.05, 3.63) is 65.0 Å². The summed E-state index contributed by atoms with van der Waals surface area (Å²) in [6, 6.07) is 3.21. The Hall–Kier alpha value is -2.37. The van der Waals surface area contributed by atoms with Gasteiger partial charge in [0.25, 0.3) is 0 Å². The fourth-order valence-electron chi connectivity index (χ4n) is 2.71. The van der Waals surface area contributed by atoms with Crippen LogP contribution in [0.15, 0.2) is 59.5 Å². The van der Waals surface area contributed by atoms with Gasteiger partial charge < -0.3 is 4.90 Å². The standard InChI is InChI=1S/C23H31F3N2O/c1-18(2)7-5-8-19(3)9-6-10-20(4)13-16-28(22(29)23(24,25)26)17-21-11-14-27-15-12-21/h7,9,11-15H,5-6,8,10,16-17H2,1-4H3/b19-9+,20-13+. The molecule has 0 N–H and O–H groups in total. The van der Waals surface area contributed by atoms with E-state index in [4.69, 9.17) is 0 Å². The summed E-state index contributed by atoms with van der Waals surface area (Å²) < 4.78 is 38.8. The van der Waals surface area contributed by atoms with Crippen molar-refractivity contribution in [1.29, 1.82) is 0 Å². The molecule has 1 aromatic rings. The molecular formula is C23H31F3N2O. The first-order chi connectivity index (χ1) is 13.6. The van der Waals surface area contributed by atoms with E-state index in [0.29, 0.717) is 5.56 Å². The van der Waals surface area contributed by atoms with Crippen molar-refractivity contribution in [1.82, 2.24) is 9.88 Å². The Labute approximate surface area is 172 Å². The molecule has 0 saturated carbocycles. The molecule has 0 unspecified atom stereocenters. The molecule has 1 rings (SSSR count). The number of pyridine rings is 1. The summed E-state index contributed by atoms with van der Waals surface area (Å²) in [6.07, 6.45) is 7.80. The van der Waals surface area contributed by atoms with Gasteiger partial charge in [-0.2, -0.15) is 13.2 Å². The van der Waals surface area contributed by atoms with Gasteiger partial charge in [0.05, 0.1) is 0 Å². The normalized spacial score (nSPS) is 12.7. The van der Waals surface area contributed by atoms with Gasteiger partial charge in [-0.05, 0) is 71.1 Å². The predicted octanol–water partition coefficient (Wildman–Crippen LogP) is 6.39. The predicted molar refractivity (Wildman–Crippen MR) is 111 cm³/mol. The molecule has 0 spiro atoms. The second-order valence-corrected chi connectivity index (χ2v) is 7.50. The van der Waals surface area contributed by atoms with E-state index in [1.165, 1.54) is 23.5 Å². The van der Waals surface area contributed by atoms with E-state index in [-0.39, 0.29) is 13.1 Å². The third-order valence-corrected chi connectivity index (χ3v) is 4.44. The van der Waals surface area contributed by atoms with E-state index in [9.17, 15) is 18.0 Å². The maximum Gasteiger partial charge on any atom is 0.471 e. The van der Waals surface area contributed by atoms with Gasteiger partial charge in [0.2, 0.25) is 0 Å². The van der Waals surface area contributed by atoms with Crippen LogP contribution in [0.1, 0.15) is 58.9 Å². The van der Waals surface area contributed by atoms with Crippen LogP contribution < -0.4 is 0 Å². The lowest BCUT2D eigenvalue weighted by atomic mass is 10.1. The van der Waals surface area contributed by atoms with Crippen LogP contribution in [0.4, 0.5) is 13.2 Å². The summed E-state index contributed by atoms with van der Waals surface area (Å²) >= 11 is 0. The van der Waals surface area contributed by atoms with Gasteiger partial charge in [0.15, 0.2) is 0 Å². The molecule has 6 heteroatoms. The van der Waals surface area contributed by atoms with E-state index in [2.05, 4.69) is 37.9 Å². The number of rotatable bonds is 10. The second-order valence-electron chi connectivity index (χ2n) is 7.50. The smallest absolute Gasteiger partial charge is 0.327 e. The molecule has 160 valence electrons. The highest BCUT2D eigenvalue weighted by atomic mass is 19.4. The SMILES string of the molecule is CC(C)=CCC/C(C)=C/CC/C(C)=C/CN(Cc1ccncc1)C(=O)C(F)(F)F. The van der Waals surface area contributed by atoms with Gasteiger partial charge in [0, 0.05) is 25.5 Å². The molecule has 3 nitrogen and oxygen atoms in total. The minimum absolute atomic E-state index is 0.0736. The maximum atomic E-state index is 12.9. The molecule has 0 atom stereocenters. The Morgan fingerprint density at radius 1 is 0.966 bits per heavy atom. The van der Waals surface area contributed by atoms with Crippen LogP contribution in [-0.2, 0) is 11.3 Å². The number of hydrogen-bond acceptors (Lipinski definition) is 2. The molecule has 0 saturated heterocycles. The van der Waals surface area contributed by atoms with E-state index < -0.39 is 12.1 Å². The van der Waals surface area contributed by atoms with E-state index in [1.54, 1.807) is 18.2 Å². The van der Waals surface area contributed by atoms with Gasteiger partial charge in [-0.3, -0.25) is 9.78 Å². The number of halogens is 3. The molecule has 0 bridgehead atoms. The van der Waals surface area contributed by atoms with Crippen LogP contribution in [0.3, 0.4) is 0 Å². The minimum atomic E-state index is -4.89. The summed E-state index contributed by atoms with van der Waals surface area (Å²) in [5.41, 5.74) is 4.19. The number of alkyl halides is 3. The zero-order valence-corrected chi connectivity index (χ0v) is 17.7. The fourth-order valence-corrected chi connectivity index (χ4v) is 2.71. The van der Waals surface area contributed by atoms with Crippen LogP contribution >= 0.6 is 0 Å². The van der Waals surface area contributed by atoms with Gasteiger partial charge in [-0.1, -0.05) is 34.9 Å².